The van der Waals surface area contributed by atoms with Gasteiger partial charge in [0.1, 0.15) is 11.4 Å². The number of hydrogen-bond donors (Lipinski definition) is 1. The second kappa shape index (κ2) is 7.19. The molecule has 1 saturated heterocycles. The van der Waals surface area contributed by atoms with E-state index in [1.165, 1.54) is 24.3 Å². The van der Waals surface area contributed by atoms with Crippen LogP contribution in [0.2, 0.25) is 0 Å². The molecule has 1 N–H and O–H groups in total. The van der Waals surface area contributed by atoms with E-state index in [-0.39, 0.29) is 16.4 Å². The maximum atomic E-state index is 14.0. The van der Waals surface area contributed by atoms with Crippen LogP contribution in [0.15, 0.2) is 72.3 Å². The molecule has 6 heteroatoms. The maximum absolute atomic E-state index is 14.0. The van der Waals surface area contributed by atoms with Gasteiger partial charge in [-0.2, -0.15) is 0 Å². The summed E-state index contributed by atoms with van der Waals surface area (Å²) in [6.07, 6.45) is 4.74. The normalized spacial score (nSPS) is 16.6. The minimum Gasteiger partial charge on any atom is -0.298 e. The second-order valence-electron chi connectivity index (χ2n) is 5.20. The zero-order valence-electron chi connectivity index (χ0n) is 13.0. The number of benzene rings is 2. The lowest BCUT2D eigenvalue weighted by molar-refractivity contribution is -0.122. The molecule has 0 unspecified atom stereocenters. The first-order chi connectivity index (χ1) is 12.1. The molecule has 1 aliphatic rings. The van der Waals surface area contributed by atoms with Crippen LogP contribution in [0.1, 0.15) is 5.56 Å². The van der Waals surface area contributed by atoms with Crippen LogP contribution in [-0.2, 0) is 9.59 Å². The highest BCUT2D eigenvalue weighted by Gasteiger charge is 2.35. The van der Waals surface area contributed by atoms with E-state index in [1.54, 1.807) is 18.2 Å². The smallest absolute Gasteiger partial charge is 0.270 e. The Morgan fingerprint density at radius 3 is 2.40 bits per heavy atom. The second-order valence-corrected chi connectivity index (χ2v) is 5.59. The number of nitrogens with one attached hydrogen (secondary N) is 1. The molecule has 1 heterocycles. The number of carbonyl (C=O) groups excluding carboxylic acids is 2. The van der Waals surface area contributed by atoms with E-state index in [2.05, 4.69) is 5.32 Å². The van der Waals surface area contributed by atoms with Gasteiger partial charge in [0.2, 0.25) is 0 Å². The summed E-state index contributed by atoms with van der Waals surface area (Å²) in [6, 6.07) is 15.2. The third-order valence-corrected chi connectivity index (χ3v) is 3.83. The van der Waals surface area contributed by atoms with E-state index in [0.717, 1.165) is 10.5 Å². The molecule has 4 nitrogen and oxygen atoms in total. The molecular weight excluding hydrogens is 339 g/mol. The van der Waals surface area contributed by atoms with Crippen LogP contribution < -0.4 is 10.2 Å². The number of thiocarbonyl (C=S) groups is 1. The van der Waals surface area contributed by atoms with Crippen molar-refractivity contribution in [2.75, 3.05) is 4.90 Å². The predicted octanol–water partition coefficient (Wildman–Crippen LogP) is 3.21. The number of nitrogens with zero attached hydrogens (tertiary/aromatic N) is 1. The van der Waals surface area contributed by atoms with Gasteiger partial charge in [0, 0.05) is 0 Å². The summed E-state index contributed by atoms with van der Waals surface area (Å²) in [5.41, 5.74) is 0.795. The number of para-hydroxylation sites is 1. The van der Waals surface area contributed by atoms with Crippen molar-refractivity contribution < 1.29 is 14.0 Å². The summed E-state index contributed by atoms with van der Waals surface area (Å²) in [4.78, 5) is 25.7. The Bertz CT molecular complexity index is 907. The number of hydrogen-bond acceptors (Lipinski definition) is 3. The molecule has 2 amide bonds. The molecule has 0 aliphatic carbocycles. The fourth-order valence-corrected chi connectivity index (χ4v) is 2.62. The van der Waals surface area contributed by atoms with Crippen molar-refractivity contribution in [3.8, 4) is 0 Å². The van der Waals surface area contributed by atoms with Gasteiger partial charge in [0.05, 0.1) is 5.69 Å². The standard InChI is InChI=1S/C19H13FN2O2S/c20-15-11-4-5-12-16(15)22-18(24)14(17(23)21-19(22)25)10-6-9-13-7-2-1-3-8-13/h1-12H,(H,21,23,25)/b9-6+,14-10+. The minimum atomic E-state index is -0.670. The lowest BCUT2D eigenvalue weighted by atomic mass is 10.1. The Labute approximate surface area is 149 Å². The molecular formula is C19H13FN2O2S. The average molecular weight is 352 g/mol. The van der Waals surface area contributed by atoms with Gasteiger partial charge in [-0.1, -0.05) is 54.6 Å². The van der Waals surface area contributed by atoms with Gasteiger partial charge in [-0.3, -0.25) is 14.9 Å². The molecule has 0 radical (unpaired) electrons. The summed E-state index contributed by atoms with van der Waals surface area (Å²) in [6.45, 7) is 0. The number of anilines is 1. The minimum absolute atomic E-state index is 0.00422. The highest BCUT2D eigenvalue weighted by Crippen LogP contribution is 2.23. The van der Waals surface area contributed by atoms with Gasteiger partial charge >= 0.3 is 0 Å². The van der Waals surface area contributed by atoms with Crippen LogP contribution in [-0.4, -0.2) is 16.9 Å². The Kier molecular flexibility index (Phi) is 4.81. The summed E-state index contributed by atoms with van der Waals surface area (Å²) >= 11 is 5.03. The third kappa shape index (κ3) is 3.54. The highest BCUT2D eigenvalue weighted by atomic mass is 32.1. The predicted molar refractivity (Wildman–Crippen MR) is 98.2 cm³/mol. The van der Waals surface area contributed by atoms with E-state index < -0.39 is 17.6 Å². The van der Waals surface area contributed by atoms with Crippen molar-refractivity contribution in [1.29, 1.82) is 0 Å². The van der Waals surface area contributed by atoms with Gasteiger partial charge in [0.25, 0.3) is 11.8 Å². The van der Waals surface area contributed by atoms with E-state index in [4.69, 9.17) is 12.2 Å². The first-order valence-electron chi connectivity index (χ1n) is 7.45. The Balaban J connectivity index is 1.92. The molecule has 0 aromatic heterocycles. The van der Waals surface area contributed by atoms with Crippen molar-refractivity contribution in [2.24, 2.45) is 0 Å². The third-order valence-electron chi connectivity index (χ3n) is 3.55. The molecule has 3 rings (SSSR count). The molecule has 0 saturated carbocycles. The zero-order valence-corrected chi connectivity index (χ0v) is 13.8. The summed E-state index contributed by atoms with van der Waals surface area (Å²) in [5, 5.41) is 2.26. The van der Waals surface area contributed by atoms with Gasteiger partial charge in [0.15, 0.2) is 5.11 Å². The Morgan fingerprint density at radius 1 is 1.00 bits per heavy atom. The van der Waals surface area contributed by atoms with Crippen LogP contribution in [0.5, 0.6) is 0 Å². The van der Waals surface area contributed by atoms with E-state index >= 15 is 0 Å². The summed E-state index contributed by atoms with van der Waals surface area (Å²) in [5.74, 6) is -1.88. The van der Waals surface area contributed by atoms with Crippen LogP contribution in [0.4, 0.5) is 10.1 Å². The van der Waals surface area contributed by atoms with E-state index in [0.29, 0.717) is 0 Å². The molecule has 2 aromatic carbocycles. The van der Waals surface area contributed by atoms with Crippen LogP contribution in [0, 0.1) is 5.82 Å². The van der Waals surface area contributed by atoms with Crippen molar-refractivity contribution in [3.05, 3.63) is 83.7 Å². The zero-order chi connectivity index (χ0) is 17.8. The topological polar surface area (TPSA) is 49.4 Å². The first-order valence-corrected chi connectivity index (χ1v) is 7.86. The molecule has 0 spiro atoms. The summed E-state index contributed by atoms with van der Waals surface area (Å²) < 4.78 is 14.0. The fraction of sp³-hybridized carbons (Fsp3) is 0. The van der Waals surface area contributed by atoms with Crippen molar-refractivity contribution in [3.63, 3.8) is 0 Å². The molecule has 1 fully saturated rings. The Hall–Kier alpha value is -3.12. The van der Waals surface area contributed by atoms with E-state index in [9.17, 15) is 14.0 Å². The molecule has 0 atom stereocenters. The molecule has 1 aliphatic heterocycles. The lowest BCUT2D eigenvalue weighted by Gasteiger charge is -2.28. The molecule has 25 heavy (non-hydrogen) atoms. The first kappa shape index (κ1) is 16.7. The number of rotatable bonds is 3. The fourth-order valence-electron chi connectivity index (χ4n) is 2.35. The quantitative estimate of drug-likeness (QED) is 0.524. The number of carbonyl (C=O) groups is 2. The van der Waals surface area contributed by atoms with Gasteiger partial charge in [-0.05, 0) is 36.0 Å². The van der Waals surface area contributed by atoms with Crippen LogP contribution in [0.25, 0.3) is 6.08 Å². The average Bonchev–Trinajstić information content (AvgIpc) is 2.60. The summed E-state index contributed by atoms with van der Waals surface area (Å²) in [7, 11) is 0. The number of halogens is 1. The number of amides is 2. The van der Waals surface area contributed by atoms with E-state index in [1.807, 2.05) is 30.3 Å². The lowest BCUT2D eigenvalue weighted by Crippen LogP contribution is -2.54. The maximum Gasteiger partial charge on any atom is 0.270 e. The van der Waals surface area contributed by atoms with Gasteiger partial charge in [-0.15, -0.1) is 0 Å². The Morgan fingerprint density at radius 2 is 1.68 bits per heavy atom. The van der Waals surface area contributed by atoms with Crippen LogP contribution >= 0.6 is 12.2 Å². The molecule has 2 aromatic rings. The number of allylic oxidation sites excluding steroid dienone is 2. The van der Waals surface area contributed by atoms with Crippen molar-refractivity contribution >= 4 is 40.9 Å². The van der Waals surface area contributed by atoms with Crippen molar-refractivity contribution in [1.82, 2.24) is 5.32 Å². The van der Waals surface area contributed by atoms with Crippen molar-refractivity contribution in [2.45, 2.75) is 0 Å². The molecule has 0 bridgehead atoms. The molecule has 124 valence electrons. The largest absolute Gasteiger partial charge is 0.298 e. The monoisotopic (exact) mass is 352 g/mol. The highest BCUT2D eigenvalue weighted by molar-refractivity contribution is 7.80. The SMILES string of the molecule is O=C1NC(=S)N(c2ccccc2F)C(=O)/C1=C/C=C/c1ccccc1. The van der Waals surface area contributed by atoms with Gasteiger partial charge < -0.3 is 0 Å². The van der Waals surface area contributed by atoms with Gasteiger partial charge in [-0.25, -0.2) is 9.29 Å². The van der Waals surface area contributed by atoms with Crippen LogP contribution in [0.3, 0.4) is 0 Å².